The zero-order chi connectivity index (χ0) is 9.97. The van der Waals surface area contributed by atoms with E-state index >= 15 is 0 Å². The number of hydrogen-bond acceptors (Lipinski definition) is 2. The maximum atomic E-state index is 13.0. The third kappa shape index (κ3) is 1.70. The van der Waals surface area contributed by atoms with Crippen LogP contribution in [0.2, 0.25) is 0 Å². The van der Waals surface area contributed by atoms with E-state index in [1.54, 1.807) is 6.20 Å². The monoisotopic (exact) mass is 206 g/mol. The van der Waals surface area contributed by atoms with Gasteiger partial charge in [-0.1, -0.05) is 42.5 Å². The summed E-state index contributed by atoms with van der Waals surface area (Å²) in [5.41, 5.74) is 1.41. The molecule has 1 aromatic carbocycles. The topological polar surface area (TPSA) is 28.7 Å². The molecule has 0 saturated heterocycles. The van der Waals surface area contributed by atoms with E-state index in [1.165, 1.54) is 0 Å². The largest absolute Gasteiger partial charge is 0.347 e. The van der Waals surface area contributed by atoms with Gasteiger partial charge in [0.1, 0.15) is 0 Å². The first-order valence-corrected chi connectivity index (χ1v) is 4.49. The van der Waals surface area contributed by atoms with Gasteiger partial charge in [0.2, 0.25) is 5.95 Å². The average Bonchev–Trinajstić information content (AvgIpc) is 2.23. The third-order valence-electron chi connectivity index (χ3n) is 1.82. The van der Waals surface area contributed by atoms with Crippen LogP contribution in [0.1, 0.15) is 0 Å². The summed E-state index contributed by atoms with van der Waals surface area (Å²) < 4.78 is 13.1. The van der Waals surface area contributed by atoms with Crippen LogP contribution in [0.5, 0.6) is 0 Å². The molecule has 0 aliphatic carbocycles. The van der Waals surface area contributed by atoms with Crippen molar-refractivity contribution in [3.63, 3.8) is 0 Å². The van der Waals surface area contributed by atoms with E-state index in [2.05, 4.69) is 22.2 Å². The summed E-state index contributed by atoms with van der Waals surface area (Å²) in [6.45, 7) is 0. The highest BCUT2D eigenvalue weighted by Crippen LogP contribution is 2.14. The highest BCUT2D eigenvalue weighted by Gasteiger charge is 2.01. The van der Waals surface area contributed by atoms with Gasteiger partial charge in [-0.3, -0.25) is 0 Å². The van der Waals surface area contributed by atoms with Crippen LogP contribution >= 0.6 is 12.2 Å². The van der Waals surface area contributed by atoms with E-state index in [0.29, 0.717) is 5.69 Å². The highest BCUT2D eigenvalue weighted by atomic mass is 32.1. The summed E-state index contributed by atoms with van der Waals surface area (Å²) >= 11 is 4.67. The fourth-order valence-electron chi connectivity index (χ4n) is 1.14. The Morgan fingerprint density at radius 1 is 1.21 bits per heavy atom. The number of benzene rings is 1. The van der Waals surface area contributed by atoms with Crippen molar-refractivity contribution >= 4 is 12.2 Å². The molecule has 0 unspecified atom stereocenters. The molecule has 0 aliphatic heterocycles. The first-order chi connectivity index (χ1) is 6.77. The van der Waals surface area contributed by atoms with Crippen molar-refractivity contribution in [2.45, 2.75) is 0 Å². The molecule has 0 fully saturated rings. The maximum Gasteiger partial charge on any atom is 0.248 e. The van der Waals surface area contributed by atoms with Crippen molar-refractivity contribution in [1.29, 1.82) is 0 Å². The SMILES string of the molecule is Fc1nc(-c2ccccc2)c[nH]c1=S. The zero-order valence-electron chi connectivity index (χ0n) is 7.20. The molecule has 0 amide bonds. The number of nitrogens with zero attached hydrogens (tertiary/aromatic N) is 1. The second-order valence-electron chi connectivity index (χ2n) is 2.77. The Bertz CT molecular complexity index is 493. The molecule has 1 N–H and O–H groups in total. The molecule has 2 aromatic rings. The molecule has 1 aromatic heterocycles. The Labute approximate surface area is 85.5 Å². The lowest BCUT2D eigenvalue weighted by molar-refractivity contribution is 0.573. The molecule has 0 spiro atoms. The van der Waals surface area contributed by atoms with Gasteiger partial charge in [0, 0.05) is 11.8 Å². The Morgan fingerprint density at radius 3 is 2.57 bits per heavy atom. The van der Waals surface area contributed by atoms with Gasteiger partial charge in [-0.15, -0.1) is 0 Å². The summed E-state index contributed by atoms with van der Waals surface area (Å²) in [6, 6.07) is 9.36. The van der Waals surface area contributed by atoms with Gasteiger partial charge in [-0.25, -0.2) is 4.98 Å². The van der Waals surface area contributed by atoms with Crippen molar-refractivity contribution in [2.75, 3.05) is 0 Å². The number of nitrogens with one attached hydrogen (secondary N) is 1. The summed E-state index contributed by atoms with van der Waals surface area (Å²) in [4.78, 5) is 6.38. The summed E-state index contributed by atoms with van der Waals surface area (Å²) in [6.07, 6.45) is 1.60. The number of aromatic nitrogens is 2. The van der Waals surface area contributed by atoms with E-state index in [1.807, 2.05) is 30.3 Å². The molecule has 1 heterocycles. The molecule has 2 rings (SSSR count). The number of H-pyrrole nitrogens is 1. The average molecular weight is 206 g/mol. The van der Waals surface area contributed by atoms with Crippen LogP contribution in [0.25, 0.3) is 11.3 Å². The minimum Gasteiger partial charge on any atom is -0.347 e. The molecule has 4 heteroatoms. The Morgan fingerprint density at radius 2 is 1.93 bits per heavy atom. The van der Waals surface area contributed by atoms with Gasteiger partial charge < -0.3 is 4.98 Å². The molecule has 0 bridgehead atoms. The van der Waals surface area contributed by atoms with Gasteiger partial charge in [-0.05, 0) is 0 Å². The molecule has 70 valence electrons. The van der Waals surface area contributed by atoms with Crippen LogP contribution in [0.4, 0.5) is 4.39 Å². The molecular formula is C10H7FN2S. The fraction of sp³-hybridized carbons (Fsp3) is 0. The number of halogens is 1. The van der Waals surface area contributed by atoms with E-state index in [0.717, 1.165) is 5.56 Å². The molecule has 14 heavy (non-hydrogen) atoms. The van der Waals surface area contributed by atoms with Crippen LogP contribution in [-0.2, 0) is 0 Å². The standard InChI is InChI=1S/C10H7FN2S/c11-9-10(14)12-6-8(13-9)7-4-2-1-3-5-7/h1-6H,(H,12,14). The van der Waals surface area contributed by atoms with Gasteiger partial charge in [-0.2, -0.15) is 4.39 Å². The lowest BCUT2D eigenvalue weighted by Gasteiger charge is -1.99. The maximum absolute atomic E-state index is 13.0. The number of aromatic amines is 1. The normalized spacial score (nSPS) is 10.1. The first-order valence-electron chi connectivity index (χ1n) is 4.08. The number of rotatable bonds is 1. The van der Waals surface area contributed by atoms with Crippen molar-refractivity contribution in [1.82, 2.24) is 9.97 Å². The summed E-state index contributed by atoms with van der Waals surface area (Å²) in [7, 11) is 0. The molecule has 0 saturated carbocycles. The molecule has 0 aliphatic rings. The minimum absolute atomic E-state index is 0.0321. The van der Waals surface area contributed by atoms with Crippen LogP contribution in [0, 0.1) is 10.6 Å². The van der Waals surface area contributed by atoms with Crippen molar-refractivity contribution < 1.29 is 4.39 Å². The van der Waals surface area contributed by atoms with Gasteiger partial charge >= 0.3 is 0 Å². The smallest absolute Gasteiger partial charge is 0.248 e. The summed E-state index contributed by atoms with van der Waals surface area (Å²) in [5, 5.41) is 0. The van der Waals surface area contributed by atoms with E-state index in [4.69, 9.17) is 0 Å². The van der Waals surface area contributed by atoms with Gasteiger partial charge in [0.15, 0.2) is 4.64 Å². The third-order valence-corrected chi connectivity index (χ3v) is 2.10. The first kappa shape index (κ1) is 9.02. The Kier molecular flexibility index (Phi) is 2.37. The second kappa shape index (κ2) is 3.67. The van der Waals surface area contributed by atoms with E-state index in [9.17, 15) is 4.39 Å². The van der Waals surface area contributed by atoms with Gasteiger partial charge in [0.05, 0.1) is 5.69 Å². The van der Waals surface area contributed by atoms with Crippen LogP contribution in [0.3, 0.4) is 0 Å². The molecule has 0 atom stereocenters. The summed E-state index contributed by atoms with van der Waals surface area (Å²) in [5.74, 6) is -0.638. The molecular weight excluding hydrogens is 199 g/mol. The second-order valence-corrected chi connectivity index (χ2v) is 3.18. The number of hydrogen-bond donors (Lipinski definition) is 1. The molecule has 0 radical (unpaired) electrons. The van der Waals surface area contributed by atoms with E-state index < -0.39 is 5.95 Å². The van der Waals surface area contributed by atoms with Crippen LogP contribution in [-0.4, -0.2) is 9.97 Å². The van der Waals surface area contributed by atoms with Crippen molar-refractivity contribution in [3.8, 4) is 11.3 Å². The Balaban J connectivity index is 2.54. The zero-order valence-corrected chi connectivity index (χ0v) is 8.01. The Hall–Kier alpha value is -1.55. The van der Waals surface area contributed by atoms with Gasteiger partial charge in [0.25, 0.3) is 0 Å². The molecule has 2 nitrogen and oxygen atoms in total. The van der Waals surface area contributed by atoms with E-state index in [-0.39, 0.29) is 4.64 Å². The fourth-order valence-corrected chi connectivity index (χ4v) is 1.24. The van der Waals surface area contributed by atoms with Crippen molar-refractivity contribution in [2.24, 2.45) is 0 Å². The lowest BCUT2D eigenvalue weighted by atomic mass is 10.2. The van der Waals surface area contributed by atoms with Crippen LogP contribution < -0.4 is 0 Å². The predicted octanol–water partition coefficient (Wildman–Crippen LogP) is 2.95. The quantitative estimate of drug-likeness (QED) is 0.727. The van der Waals surface area contributed by atoms with Crippen LogP contribution in [0.15, 0.2) is 36.5 Å². The highest BCUT2D eigenvalue weighted by molar-refractivity contribution is 7.71. The lowest BCUT2D eigenvalue weighted by Crippen LogP contribution is -1.91. The minimum atomic E-state index is -0.638. The van der Waals surface area contributed by atoms with Crippen molar-refractivity contribution in [3.05, 3.63) is 47.1 Å². The predicted molar refractivity (Wildman–Crippen MR) is 54.8 cm³/mol.